The number of nitrogens with one attached hydrogen (secondary N) is 2. The molecule has 0 radical (unpaired) electrons. The van der Waals surface area contributed by atoms with E-state index in [1.165, 1.54) is 12.1 Å². The molecule has 0 saturated carbocycles. The second-order valence-electron chi connectivity index (χ2n) is 7.57. The molecular formula is C17H23F3N2O2. The average molecular weight is 344 g/mol. The monoisotopic (exact) mass is 344 g/mol. The Morgan fingerprint density at radius 2 is 1.50 bits per heavy atom. The van der Waals surface area contributed by atoms with E-state index in [1.807, 2.05) is 26.1 Å². The molecule has 0 atom stereocenters. The van der Waals surface area contributed by atoms with Crippen LogP contribution in [0.2, 0.25) is 0 Å². The maximum Gasteiger partial charge on any atom is 0.418 e. The van der Waals surface area contributed by atoms with Crippen LogP contribution in [-0.2, 0) is 15.8 Å². The van der Waals surface area contributed by atoms with E-state index < -0.39 is 34.8 Å². The third-order valence-corrected chi connectivity index (χ3v) is 3.11. The highest BCUT2D eigenvalue weighted by Crippen LogP contribution is 2.34. The van der Waals surface area contributed by atoms with Gasteiger partial charge in [0.15, 0.2) is 0 Å². The summed E-state index contributed by atoms with van der Waals surface area (Å²) >= 11 is 0. The Morgan fingerprint density at radius 3 is 2.00 bits per heavy atom. The summed E-state index contributed by atoms with van der Waals surface area (Å²) in [7, 11) is 0. The highest BCUT2D eigenvalue weighted by Gasteiger charge is 2.34. The minimum Gasteiger partial charge on any atom is -0.343 e. The van der Waals surface area contributed by atoms with Gasteiger partial charge in [0.25, 0.3) is 0 Å². The molecule has 7 heteroatoms. The molecule has 2 N–H and O–H groups in total. The van der Waals surface area contributed by atoms with Crippen LogP contribution in [0.5, 0.6) is 0 Å². The fourth-order valence-electron chi connectivity index (χ4n) is 2.75. The maximum absolute atomic E-state index is 12.9. The van der Waals surface area contributed by atoms with Crippen molar-refractivity contribution in [3.63, 3.8) is 0 Å². The standard InChI is InChI=1S/C17H23F3N2O2/c1-15(2,3)10-16(4,5)22-14(24)13(23)21-12-9-7-6-8-11(12)17(18,19)20/h6-9H,10H2,1-5H3,(H,21,23)(H,22,24). The predicted molar refractivity (Wildman–Crippen MR) is 86.4 cm³/mol. The number of anilines is 1. The van der Waals surface area contributed by atoms with Crippen LogP contribution in [0.25, 0.3) is 0 Å². The van der Waals surface area contributed by atoms with E-state index in [0.717, 1.165) is 12.1 Å². The van der Waals surface area contributed by atoms with E-state index in [0.29, 0.717) is 6.42 Å². The van der Waals surface area contributed by atoms with Crippen LogP contribution in [0.3, 0.4) is 0 Å². The van der Waals surface area contributed by atoms with E-state index in [4.69, 9.17) is 0 Å². The van der Waals surface area contributed by atoms with Crippen LogP contribution in [0, 0.1) is 5.41 Å². The Balaban J connectivity index is 2.85. The van der Waals surface area contributed by atoms with Gasteiger partial charge in [-0.25, -0.2) is 0 Å². The molecule has 1 aromatic rings. The van der Waals surface area contributed by atoms with Crippen molar-refractivity contribution in [2.45, 2.75) is 52.8 Å². The van der Waals surface area contributed by atoms with E-state index >= 15 is 0 Å². The van der Waals surface area contributed by atoms with Gasteiger partial charge in [-0.15, -0.1) is 0 Å². The van der Waals surface area contributed by atoms with Gasteiger partial charge in [0.05, 0.1) is 11.3 Å². The van der Waals surface area contributed by atoms with Gasteiger partial charge in [0, 0.05) is 5.54 Å². The van der Waals surface area contributed by atoms with Crippen molar-refractivity contribution in [2.75, 3.05) is 5.32 Å². The van der Waals surface area contributed by atoms with Gasteiger partial charge in [-0.3, -0.25) is 9.59 Å². The van der Waals surface area contributed by atoms with Gasteiger partial charge in [-0.05, 0) is 37.8 Å². The summed E-state index contributed by atoms with van der Waals surface area (Å²) in [6, 6.07) is 4.52. The number of hydrogen-bond acceptors (Lipinski definition) is 2. The molecule has 0 fully saturated rings. The molecule has 0 aliphatic rings. The Kier molecular flexibility index (Phi) is 5.69. The molecule has 1 rings (SSSR count). The molecule has 2 amide bonds. The third-order valence-electron chi connectivity index (χ3n) is 3.11. The van der Waals surface area contributed by atoms with Crippen molar-refractivity contribution in [3.05, 3.63) is 29.8 Å². The number of rotatable bonds is 3. The van der Waals surface area contributed by atoms with E-state index in [1.54, 1.807) is 13.8 Å². The quantitative estimate of drug-likeness (QED) is 0.815. The van der Waals surface area contributed by atoms with Crippen molar-refractivity contribution in [1.29, 1.82) is 0 Å². The molecule has 0 unspecified atom stereocenters. The van der Waals surface area contributed by atoms with E-state index in [9.17, 15) is 22.8 Å². The summed E-state index contributed by atoms with van der Waals surface area (Å²) in [5, 5.41) is 4.59. The van der Waals surface area contributed by atoms with Crippen LogP contribution < -0.4 is 10.6 Å². The summed E-state index contributed by atoms with van der Waals surface area (Å²) < 4.78 is 38.7. The summed E-state index contributed by atoms with van der Waals surface area (Å²) in [6.07, 6.45) is -4.02. The van der Waals surface area contributed by atoms with Crippen molar-refractivity contribution < 1.29 is 22.8 Å². The van der Waals surface area contributed by atoms with Crippen molar-refractivity contribution in [2.24, 2.45) is 5.41 Å². The number of hydrogen-bond donors (Lipinski definition) is 2. The zero-order valence-electron chi connectivity index (χ0n) is 14.5. The first-order valence-electron chi connectivity index (χ1n) is 7.51. The lowest BCUT2D eigenvalue weighted by atomic mass is 9.82. The first-order valence-corrected chi connectivity index (χ1v) is 7.51. The SMILES string of the molecule is CC(C)(C)CC(C)(C)NC(=O)C(=O)Nc1ccccc1C(F)(F)F. The van der Waals surface area contributed by atoms with Crippen molar-refractivity contribution in [3.8, 4) is 0 Å². The molecule has 0 saturated heterocycles. The van der Waals surface area contributed by atoms with Gasteiger partial charge < -0.3 is 10.6 Å². The second kappa shape index (κ2) is 6.83. The largest absolute Gasteiger partial charge is 0.418 e. The van der Waals surface area contributed by atoms with Crippen LogP contribution in [0.1, 0.15) is 46.6 Å². The van der Waals surface area contributed by atoms with Crippen LogP contribution >= 0.6 is 0 Å². The first-order chi connectivity index (χ1) is 10.7. The lowest BCUT2D eigenvalue weighted by molar-refractivity contribution is -0.138. The fourth-order valence-corrected chi connectivity index (χ4v) is 2.75. The van der Waals surface area contributed by atoms with Crippen LogP contribution in [-0.4, -0.2) is 17.4 Å². The number of halogens is 3. The minimum absolute atomic E-state index is 0.0872. The molecular weight excluding hydrogens is 321 g/mol. The first kappa shape index (κ1) is 20.0. The molecule has 0 bridgehead atoms. The van der Waals surface area contributed by atoms with Gasteiger partial charge in [-0.2, -0.15) is 13.2 Å². The number of amides is 2. The van der Waals surface area contributed by atoms with Gasteiger partial charge in [0.2, 0.25) is 0 Å². The number of carbonyl (C=O) groups is 2. The topological polar surface area (TPSA) is 58.2 Å². The van der Waals surface area contributed by atoms with Crippen LogP contribution in [0.15, 0.2) is 24.3 Å². The highest BCUT2D eigenvalue weighted by atomic mass is 19.4. The van der Waals surface area contributed by atoms with Gasteiger partial charge in [0.1, 0.15) is 0 Å². The molecule has 0 aliphatic carbocycles. The van der Waals surface area contributed by atoms with Crippen molar-refractivity contribution >= 4 is 17.5 Å². The molecule has 134 valence electrons. The van der Waals surface area contributed by atoms with Gasteiger partial charge in [-0.1, -0.05) is 32.9 Å². The molecule has 0 aliphatic heterocycles. The fraction of sp³-hybridized carbons (Fsp3) is 0.529. The van der Waals surface area contributed by atoms with Crippen LogP contribution in [0.4, 0.5) is 18.9 Å². The van der Waals surface area contributed by atoms with Crippen molar-refractivity contribution in [1.82, 2.24) is 5.32 Å². The second-order valence-corrected chi connectivity index (χ2v) is 7.57. The molecule has 0 aromatic heterocycles. The highest BCUT2D eigenvalue weighted by molar-refractivity contribution is 6.39. The lowest BCUT2D eigenvalue weighted by Crippen LogP contribution is -2.49. The number of carbonyl (C=O) groups excluding carboxylic acids is 2. The van der Waals surface area contributed by atoms with E-state index in [-0.39, 0.29) is 5.41 Å². The Bertz CT molecular complexity index is 617. The van der Waals surface area contributed by atoms with E-state index in [2.05, 4.69) is 5.32 Å². The third kappa shape index (κ3) is 6.22. The Labute approximate surface area is 139 Å². The minimum atomic E-state index is -4.62. The lowest BCUT2D eigenvalue weighted by Gasteiger charge is -2.33. The Hall–Kier alpha value is -2.05. The summed E-state index contributed by atoms with van der Waals surface area (Å²) in [4.78, 5) is 23.9. The number of alkyl halides is 3. The smallest absolute Gasteiger partial charge is 0.343 e. The predicted octanol–water partition coefficient (Wildman–Crippen LogP) is 3.97. The molecule has 1 aromatic carbocycles. The number of para-hydroxylation sites is 1. The average Bonchev–Trinajstić information content (AvgIpc) is 2.34. The summed E-state index contributed by atoms with van der Waals surface area (Å²) in [5.41, 5.74) is -2.20. The zero-order valence-corrected chi connectivity index (χ0v) is 14.5. The summed E-state index contributed by atoms with van der Waals surface area (Å²) in [6.45, 7) is 9.47. The Morgan fingerprint density at radius 1 is 0.958 bits per heavy atom. The molecule has 0 spiro atoms. The molecule has 4 nitrogen and oxygen atoms in total. The number of benzene rings is 1. The maximum atomic E-state index is 12.9. The molecule has 24 heavy (non-hydrogen) atoms. The zero-order chi connectivity index (χ0) is 18.8. The summed E-state index contributed by atoms with van der Waals surface area (Å²) in [5.74, 6) is -2.10. The van der Waals surface area contributed by atoms with Gasteiger partial charge >= 0.3 is 18.0 Å². The normalized spacial score (nSPS) is 12.7. The molecule has 0 heterocycles.